The fourth-order valence-corrected chi connectivity index (χ4v) is 3.60. The molecule has 0 unspecified atom stereocenters. The lowest BCUT2D eigenvalue weighted by Gasteiger charge is -2.32. The molecule has 2 heterocycles. The van der Waals surface area contributed by atoms with Crippen LogP contribution in [0.2, 0.25) is 0 Å². The lowest BCUT2D eigenvalue weighted by molar-refractivity contribution is 0.206. The number of imidazole rings is 1. The van der Waals surface area contributed by atoms with E-state index in [1.807, 2.05) is 25.5 Å². The molecule has 0 bridgehead atoms. The smallest absolute Gasteiger partial charge is 0.191 e. The van der Waals surface area contributed by atoms with Gasteiger partial charge >= 0.3 is 0 Å². The van der Waals surface area contributed by atoms with Crippen molar-refractivity contribution in [2.45, 2.75) is 45.3 Å². The maximum Gasteiger partial charge on any atom is 0.191 e. The van der Waals surface area contributed by atoms with Gasteiger partial charge in [-0.2, -0.15) is 0 Å². The van der Waals surface area contributed by atoms with Crippen LogP contribution >= 0.6 is 0 Å². The predicted octanol–water partition coefficient (Wildman–Crippen LogP) is 2.47. The van der Waals surface area contributed by atoms with E-state index in [0.29, 0.717) is 12.6 Å². The molecule has 2 N–H and O–H groups in total. The number of rotatable bonds is 7. The minimum Gasteiger partial charge on any atom is -0.354 e. The summed E-state index contributed by atoms with van der Waals surface area (Å²) in [5.41, 5.74) is 1.28. The van der Waals surface area contributed by atoms with E-state index in [1.165, 1.54) is 44.5 Å². The molecule has 1 saturated heterocycles. The topological polar surface area (TPSA) is 57.5 Å². The van der Waals surface area contributed by atoms with E-state index in [1.54, 1.807) is 0 Å². The van der Waals surface area contributed by atoms with Gasteiger partial charge in [0, 0.05) is 45.1 Å². The van der Waals surface area contributed by atoms with Crippen molar-refractivity contribution in [3.63, 3.8) is 0 Å². The van der Waals surface area contributed by atoms with Crippen molar-refractivity contribution in [2.24, 2.45) is 4.99 Å². The van der Waals surface area contributed by atoms with E-state index >= 15 is 0 Å². The SMILES string of the molecule is CCCN1CCC(NC(=NC)NCc2nccn2Cc2ccccc2)CC1. The summed E-state index contributed by atoms with van der Waals surface area (Å²) in [4.78, 5) is 11.5. The normalized spacial score (nSPS) is 16.4. The number of guanidine groups is 1. The van der Waals surface area contributed by atoms with Crippen LogP contribution < -0.4 is 10.6 Å². The second-order valence-corrected chi connectivity index (χ2v) is 7.14. The van der Waals surface area contributed by atoms with Gasteiger partial charge in [-0.1, -0.05) is 37.3 Å². The fraction of sp³-hybridized carbons (Fsp3) is 0.524. The van der Waals surface area contributed by atoms with Crippen LogP contribution in [-0.2, 0) is 13.1 Å². The Hall–Kier alpha value is -2.34. The molecule has 0 atom stereocenters. The van der Waals surface area contributed by atoms with E-state index in [9.17, 15) is 0 Å². The molecule has 1 aliphatic heterocycles. The fourth-order valence-electron chi connectivity index (χ4n) is 3.60. The molecule has 1 aromatic carbocycles. The van der Waals surface area contributed by atoms with Gasteiger partial charge < -0.3 is 20.1 Å². The second kappa shape index (κ2) is 10.1. The zero-order valence-electron chi connectivity index (χ0n) is 16.6. The first kappa shape index (κ1) is 19.4. The average Bonchev–Trinajstić information content (AvgIpc) is 3.14. The zero-order valence-corrected chi connectivity index (χ0v) is 16.6. The largest absolute Gasteiger partial charge is 0.354 e. The van der Waals surface area contributed by atoms with E-state index < -0.39 is 0 Å². The molecule has 27 heavy (non-hydrogen) atoms. The molecule has 6 nitrogen and oxygen atoms in total. The van der Waals surface area contributed by atoms with Crippen molar-refractivity contribution < 1.29 is 0 Å². The quantitative estimate of drug-likeness (QED) is 0.582. The Labute approximate surface area is 162 Å². The first-order valence-corrected chi connectivity index (χ1v) is 10.0. The first-order valence-electron chi connectivity index (χ1n) is 10.0. The third-order valence-corrected chi connectivity index (χ3v) is 5.10. The highest BCUT2D eigenvalue weighted by atomic mass is 15.2. The molecular formula is C21H32N6. The van der Waals surface area contributed by atoms with Crippen LogP contribution in [0.5, 0.6) is 0 Å². The highest BCUT2D eigenvalue weighted by Gasteiger charge is 2.19. The monoisotopic (exact) mass is 368 g/mol. The standard InChI is InChI=1S/C21H32N6/c1-3-12-26-13-9-19(10-14-26)25-21(22-2)24-16-20-23-11-15-27(20)17-18-7-5-4-6-8-18/h4-8,11,15,19H,3,9-10,12-14,16-17H2,1-2H3,(H2,22,24,25). The van der Waals surface area contributed by atoms with Crippen LogP contribution in [0.4, 0.5) is 0 Å². The summed E-state index contributed by atoms with van der Waals surface area (Å²) in [5, 5.41) is 7.00. The van der Waals surface area contributed by atoms with Crippen molar-refractivity contribution in [1.82, 2.24) is 25.1 Å². The van der Waals surface area contributed by atoms with E-state index in [4.69, 9.17) is 0 Å². The number of likely N-dealkylation sites (tertiary alicyclic amines) is 1. The summed E-state index contributed by atoms with van der Waals surface area (Å²) >= 11 is 0. The third kappa shape index (κ3) is 5.82. The number of nitrogens with one attached hydrogen (secondary N) is 2. The van der Waals surface area contributed by atoms with Crippen molar-refractivity contribution in [3.05, 3.63) is 54.1 Å². The van der Waals surface area contributed by atoms with Crippen LogP contribution in [0.15, 0.2) is 47.7 Å². The molecule has 146 valence electrons. The van der Waals surface area contributed by atoms with Crippen LogP contribution in [0, 0.1) is 0 Å². The van der Waals surface area contributed by atoms with E-state index in [-0.39, 0.29) is 0 Å². The Morgan fingerprint density at radius 2 is 2.00 bits per heavy atom. The van der Waals surface area contributed by atoms with Gasteiger partial charge in [0.2, 0.25) is 0 Å². The van der Waals surface area contributed by atoms with E-state index in [2.05, 4.69) is 61.3 Å². The van der Waals surface area contributed by atoms with Crippen LogP contribution in [0.3, 0.4) is 0 Å². The van der Waals surface area contributed by atoms with Crippen molar-refractivity contribution in [3.8, 4) is 0 Å². The van der Waals surface area contributed by atoms with Crippen molar-refractivity contribution in [1.29, 1.82) is 0 Å². The maximum absolute atomic E-state index is 4.51. The minimum atomic E-state index is 0.494. The van der Waals surface area contributed by atoms with Crippen LogP contribution in [-0.4, -0.2) is 53.1 Å². The number of hydrogen-bond donors (Lipinski definition) is 2. The number of hydrogen-bond acceptors (Lipinski definition) is 3. The molecule has 1 fully saturated rings. The summed E-state index contributed by atoms with van der Waals surface area (Å²) in [6, 6.07) is 11.0. The molecule has 6 heteroatoms. The molecule has 0 amide bonds. The van der Waals surface area contributed by atoms with Gasteiger partial charge in [-0.25, -0.2) is 4.98 Å². The lowest BCUT2D eigenvalue weighted by atomic mass is 10.1. The average molecular weight is 369 g/mol. The second-order valence-electron chi connectivity index (χ2n) is 7.14. The lowest BCUT2D eigenvalue weighted by Crippen LogP contribution is -2.48. The Morgan fingerprint density at radius 1 is 1.22 bits per heavy atom. The van der Waals surface area contributed by atoms with Gasteiger partial charge in [-0.3, -0.25) is 4.99 Å². The molecule has 0 saturated carbocycles. The van der Waals surface area contributed by atoms with Gasteiger partial charge in [0.25, 0.3) is 0 Å². The Kier molecular flexibility index (Phi) is 7.27. The molecule has 1 aliphatic rings. The molecule has 0 aliphatic carbocycles. The zero-order chi connectivity index (χ0) is 18.9. The van der Waals surface area contributed by atoms with Gasteiger partial charge in [0.05, 0.1) is 6.54 Å². The van der Waals surface area contributed by atoms with Crippen molar-refractivity contribution in [2.75, 3.05) is 26.7 Å². The Bertz CT molecular complexity index is 700. The number of aromatic nitrogens is 2. The van der Waals surface area contributed by atoms with Crippen LogP contribution in [0.25, 0.3) is 0 Å². The van der Waals surface area contributed by atoms with Gasteiger partial charge in [0.15, 0.2) is 5.96 Å². The Balaban J connectivity index is 1.48. The van der Waals surface area contributed by atoms with Crippen LogP contribution in [0.1, 0.15) is 37.6 Å². The minimum absolute atomic E-state index is 0.494. The highest BCUT2D eigenvalue weighted by molar-refractivity contribution is 5.79. The molecule has 0 spiro atoms. The number of nitrogens with zero attached hydrogens (tertiary/aromatic N) is 4. The predicted molar refractivity (Wildman–Crippen MR) is 111 cm³/mol. The maximum atomic E-state index is 4.51. The molecule has 2 aromatic rings. The van der Waals surface area contributed by atoms with Gasteiger partial charge in [-0.05, 0) is 31.4 Å². The summed E-state index contributed by atoms with van der Waals surface area (Å²) < 4.78 is 2.18. The summed E-state index contributed by atoms with van der Waals surface area (Å²) in [6.07, 6.45) is 7.47. The molecular weight excluding hydrogens is 336 g/mol. The molecule has 3 rings (SSSR count). The third-order valence-electron chi connectivity index (χ3n) is 5.10. The van der Waals surface area contributed by atoms with Gasteiger partial charge in [0.1, 0.15) is 5.82 Å². The summed E-state index contributed by atoms with van der Waals surface area (Å²) in [7, 11) is 1.83. The highest BCUT2D eigenvalue weighted by Crippen LogP contribution is 2.10. The first-order chi connectivity index (χ1) is 13.3. The van der Waals surface area contributed by atoms with Gasteiger partial charge in [-0.15, -0.1) is 0 Å². The molecule has 1 aromatic heterocycles. The number of piperidine rings is 1. The van der Waals surface area contributed by atoms with Crippen molar-refractivity contribution >= 4 is 5.96 Å². The summed E-state index contributed by atoms with van der Waals surface area (Å²) in [5.74, 6) is 1.87. The summed E-state index contributed by atoms with van der Waals surface area (Å²) in [6.45, 7) is 7.30. The Morgan fingerprint density at radius 3 is 2.70 bits per heavy atom. The number of aliphatic imine (C=N–C) groups is 1. The van der Waals surface area contributed by atoms with E-state index in [0.717, 1.165) is 18.3 Å². The number of benzene rings is 1. The molecule has 0 radical (unpaired) electrons.